The monoisotopic (exact) mass is 320 g/mol. The SMILES string of the molecule is Cc1cccc(Nc2nn(CN(C)CC3CC3)c(=S)s2)c1. The molecule has 0 bridgehead atoms. The lowest BCUT2D eigenvalue weighted by atomic mass is 10.2. The van der Waals surface area contributed by atoms with E-state index in [-0.39, 0.29) is 0 Å². The molecule has 0 radical (unpaired) electrons. The molecule has 1 aliphatic rings. The van der Waals surface area contributed by atoms with Crippen LogP contribution < -0.4 is 5.32 Å². The highest BCUT2D eigenvalue weighted by Crippen LogP contribution is 2.29. The molecule has 0 amide bonds. The zero-order valence-electron chi connectivity index (χ0n) is 12.4. The molecule has 0 aliphatic heterocycles. The van der Waals surface area contributed by atoms with E-state index in [1.807, 2.05) is 16.8 Å². The Bertz CT molecular complexity index is 672. The molecule has 1 aromatic heterocycles. The molecule has 1 heterocycles. The van der Waals surface area contributed by atoms with Gasteiger partial charge in [-0.05, 0) is 62.6 Å². The van der Waals surface area contributed by atoms with E-state index >= 15 is 0 Å². The molecular weight excluding hydrogens is 300 g/mol. The Morgan fingerprint density at radius 3 is 3.00 bits per heavy atom. The highest BCUT2D eigenvalue weighted by molar-refractivity contribution is 7.73. The molecule has 6 heteroatoms. The maximum Gasteiger partial charge on any atom is 0.209 e. The number of rotatable bonds is 6. The van der Waals surface area contributed by atoms with Crippen molar-refractivity contribution in [2.75, 3.05) is 18.9 Å². The number of aromatic nitrogens is 2. The van der Waals surface area contributed by atoms with Gasteiger partial charge in [-0.3, -0.25) is 4.90 Å². The molecule has 0 unspecified atom stereocenters. The van der Waals surface area contributed by atoms with E-state index in [0.717, 1.165) is 33.9 Å². The van der Waals surface area contributed by atoms with E-state index in [0.29, 0.717) is 0 Å². The van der Waals surface area contributed by atoms with Gasteiger partial charge < -0.3 is 5.32 Å². The van der Waals surface area contributed by atoms with Gasteiger partial charge in [0, 0.05) is 12.2 Å². The fourth-order valence-electron chi connectivity index (χ4n) is 2.32. The van der Waals surface area contributed by atoms with Crippen LogP contribution >= 0.6 is 23.6 Å². The van der Waals surface area contributed by atoms with Crippen molar-refractivity contribution in [1.29, 1.82) is 0 Å². The van der Waals surface area contributed by atoms with Gasteiger partial charge in [-0.1, -0.05) is 23.5 Å². The van der Waals surface area contributed by atoms with Gasteiger partial charge >= 0.3 is 0 Å². The number of aryl methyl sites for hydroxylation is 1. The number of nitrogens with zero attached hydrogens (tertiary/aromatic N) is 3. The summed E-state index contributed by atoms with van der Waals surface area (Å²) in [6, 6.07) is 8.27. The Balaban J connectivity index is 1.67. The van der Waals surface area contributed by atoms with Crippen molar-refractivity contribution >= 4 is 34.4 Å². The van der Waals surface area contributed by atoms with E-state index in [1.54, 1.807) is 0 Å². The first-order valence-electron chi connectivity index (χ1n) is 7.20. The first-order valence-corrected chi connectivity index (χ1v) is 8.43. The molecule has 0 spiro atoms. The summed E-state index contributed by atoms with van der Waals surface area (Å²) in [5, 5.41) is 8.77. The first-order chi connectivity index (χ1) is 10.1. The maximum atomic E-state index is 5.41. The molecule has 1 N–H and O–H groups in total. The standard InChI is InChI=1S/C15H20N4S2/c1-11-4-3-5-13(8-11)16-14-17-19(15(20)21-14)10-18(2)9-12-6-7-12/h3-5,8,12H,6-7,9-10H2,1-2H3,(H,16,17). The Hall–Kier alpha value is -1.24. The quantitative estimate of drug-likeness (QED) is 0.815. The summed E-state index contributed by atoms with van der Waals surface area (Å²) in [6.45, 7) is 3.99. The van der Waals surface area contributed by atoms with Gasteiger partial charge in [0.15, 0.2) is 3.95 Å². The molecular formula is C15H20N4S2. The van der Waals surface area contributed by atoms with Gasteiger partial charge in [-0.2, -0.15) is 0 Å². The Morgan fingerprint density at radius 1 is 1.48 bits per heavy atom. The first kappa shape index (κ1) is 14.7. The number of hydrogen-bond acceptors (Lipinski definition) is 5. The average Bonchev–Trinajstić information content (AvgIpc) is 3.15. The Morgan fingerprint density at radius 2 is 2.29 bits per heavy atom. The number of benzene rings is 1. The summed E-state index contributed by atoms with van der Waals surface area (Å²) >= 11 is 6.94. The molecule has 21 heavy (non-hydrogen) atoms. The summed E-state index contributed by atoms with van der Waals surface area (Å²) in [5.74, 6) is 0.882. The predicted molar refractivity (Wildman–Crippen MR) is 90.8 cm³/mol. The van der Waals surface area contributed by atoms with Crippen molar-refractivity contribution in [3.8, 4) is 0 Å². The largest absolute Gasteiger partial charge is 0.330 e. The molecule has 0 saturated heterocycles. The van der Waals surface area contributed by atoms with Crippen LogP contribution in [0.25, 0.3) is 0 Å². The fraction of sp³-hybridized carbons (Fsp3) is 0.467. The lowest BCUT2D eigenvalue weighted by Crippen LogP contribution is -2.24. The van der Waals surface area contributed by atoms with E-state index in [4.69, 9.17) is 12.2 Å². The molecule has 3 rings (SSSR count). The van der Waals surface area contributed by atoms with Crippen molar-refractivity contribution < 1.29 is 0 Å². The Kier molecular flexibility index (Phi) is 4.37. The van der Waals surface area contributed by atoms with Gasteiger partial charge in [0.2, 0.25) is 5.13 Å². The minimum absolute atomic E-state index is 0.765. The van der Waals surface area contributed by atoms with Crippen LogP contribution in [-0.4, -0.2) is 28.3 Å². The number of hydrogen-bond donors (Lipinski definition) is 1. The maximum absolute atomic E-state index is 5.41. The van der Waals surface area contributed by atoms with Crippen molar-refractivity contribution in [3.63, 3.8) is 0 Å². The lowest BCUT2D eigenvalue weighted by molar-refractivity contribution is 0.244. The van der Waals surface area contributed by atoms with Crippen molar-refractivity contribution in [1.82, 2.24) is 14.7 Å². The summed E-state index contributed by atoms with van der Waals surface area (Å²) in [4.78, 5) is 2.30. The van der Waals surface area contributed by atoms with Crippen LogP contribution in [0.4, 0.5) is 10.8 Å². The molecule has 1 aromatic carbocycles. The smallest absolute Gasteiger partial charge is 0.209 e. The van der Waals surface area contributed by atoms with Crippen molar-refractivity contribution in [2.24, 2.45) is 5.92 Å². The van der Waals surface area contributed by atoms with Crippen LogP contribution in [0.1, 0.15) is 18.4 Å². The van der Waals surface area contributed by atoms with Gasteiger partial charge in [0.25, 0.3) is 0 Å². The van der Waals surface area contributed by atoms with Crippen LogP contribution in [-0.2, 0) is 6.67 Å². The third-order valence-electron chi connectivity index (χ3n) is 3.52. The zero-order chi connectivity index (χ0) is 14.8. The summed E-state index contributed by atoms with van der Waals surface area (Å²) in [6.07, 6.45) is 2.74. The summed E-state index contributed by atoms with van der Waals surface area (Å²) in [7, 11) is 2.13. The van der Waals surface area contributed by atoms with Gasteiger partial charge in [0.05, 0.1) is 6.67 Å². The summed E-state index contributed by atoms with van der Waals surface area (Å²) in [5.41, 5.74) is 2.28. The van der Waals surface area contributed by atoms with Gasteiger partial charge in [-0.25, -0.2) is 4.68 Å². The van der Waals surface area contributed by atoms with Crippen LogP contribution in [0.2, 0.25) is 0 Å². The number of anilines is 2. The average molecular weight is 320 g/mol. The zero-order valence-corrected chi connectivity index (χ0v) is 14.0. The second-order valence-electron chi connectivity index (χ2n) is 5.79. The fourth-order valence-corrected chi connectivity index (χ4v) is 3.33. The van der Waals surface area contributed by atoms with E-state index in [1.165, 1.54) is 29.7 Å². The van der Waals surface area contributed by atoms with Crippen molar-refractivity contribution in [3.05, 3.63) is 33.8 Å². The van der Waals surface area contributed by atoms with Crippen LogP contribution in [0.3, 0.4) is 0 Å². The van der Waals surface area contributed by atoms with Gasteiger partial charge in [-0.15, -0.1) is 5.10 Å². The van der Waals surface area contributed by atoms with Crippen LogP contribution in [0, 0.1) is 16.8 Å². The minimum atomic E-state index is 0.765. The minimum Gasteiger partial charge on any atom is -0.330 e. The molecule has 1 saturated carbocycles. The van der Waals surface area contributed by atoms with Crippen LogP contribution in [0.5, 0.6) is 0 Å². The van der Waals surface area contributed by atoms with E-state index in [9.17, 15) is 0 Å². The second kappa shape index (κ2) is 6.25. The molecule has 1 fully saturated rings. The number of nitrogens with one attached hydrogen (secondary N) is 1. The molecule has 0 atom stereocenters. The normalized spacial score (nSPS) is 14.6. The lowest BCUT2D eigenvalue weighted by Gasteiger charge is -2.15. The highest BCUT2D eigenvalue weighted by Gasteiger charge is 2.23. The molecule has 1 aliphatic carbocycles. The summed E-state index contributed by atoms with van der Waals surface area (Å²) < 4.78 is 2.72. The molecule has 4 nitrogen and oxygen atoms in total. The van der Waals surface area contributed by atoms with E-state index in [2.05, 4.69) is 41.4 Å². The molecule has 112 valence electrons. The predicted octanol–water partition coefficient (Wildman–Crippen LogP) is 4.03. The van der Waals surface area contributed by atoms with Crippen molar-refractivity contribution in [2.45, 2.75) is 26.4 Å². The van der Waals surface area contributed by atoms with Gasteiger partial charge in [0.1, 0.15) is 0 Å². The highest BCUT2D eigenvalue weighted by atomic mass is 32.1. The van der Waals surface area contributed by atoms with E-state index < -0.39 is 0 Å². The topological polar surface area (TPSA) is 33.1 Å². The molecule has 2 aromatic rings. The third-order valence-corrected chi connectivity index (χ3v) is 4.74. The second-order valence-corrected chi connectivity index (χ2v) is 7.41. The Labute approximate surface area is 134 Å². The van der Waals surface area contributed by atoms with Crippen LogP contribution in [0.15, 0.2) is 24.3 Å². The third kappa shape index (κ3) is 4.12.